The fourth-order valence-corrected chi connectivity index (χ4v) is 2.83. The fraction of sp³-hybridized carbons (Fsp3) is 0.818. The van der Waals surface area contributed by atoms with Crippen LogP contribution in [0.1, 0.15) is 44.3 Å². The van der Waals surface area contributed by atoms with E-state index in [1.54, 1.807) is 0 Å². The number of rotatable bonds is 4. The molecule has 1 aliphatic heterocycles. The lowest BCUT2D eigenvalue weighted by molar-refractivity contribution is 0.0996. The van der Waals surface area contributed by atoms with Crippen molar-refractivity contribution in [3.63, 3.8) is 0 Å². The summed E-state index contributed by atoms with van der Waals surface area (Å²) in [5.74, 6) is 1.68. The molecule has 0 aromatic carbocycles. The van der Waals surface area contributed by atoms with E-state index in [4.69, 9.17) is 4.74 Å². The minimum absolute atomic E-state index is 0.336. The molecule has 1 saturated carbocycles. The van der Waals surface area contributed by atoms with E-state index < -0.39 is 0 Å². The second kappa shape index (κ2) is 4.30. The Labute approximate surface area is 99.6 Å². The summed E-state index contributed by atoms with van der Waals surface area (Å²) in [7, 11) is 0. The van der Waals surface area contributed by atoms with E-state index in [2.05, 4.69) is 21.6 Å². The third-order valence-electron chi connectivity index (χ3n) is 3.26. The minimum Gasteiger partial charge on any atom is -0.376 e. The molecule has 2 fully saturated rings. The zero-order chi connectivity index (χ0) is 11.0. The largest absolute Gasteiger partial charge is 0.376 e. The predicted octanol–water partition coefficient (Wildman–Crippen LogP) is 2.39. The Morgan fingerprint density at radius 3 is 3.00 bits per heavy atom. The lowest BCUT2D eigenvalue weighted by Crippen LogP contribution is -2.29. The van der Waals surface area contributed by atoms with Gasteiger partial charge in [-0.3, -0.25) is 0 Å². The second-order valence-electron chi connectivity index (χ2n) is 4.72. The van der Waals surface area contributed by atoms with Crippen LogP contribution in [0.5, 0.6) is 0 Å². The van der Waals surface area contributed by atoms with E-state index in [1.807, 2.05) is 0 Å². The van der Waals surface area contributed by atoms with Gasteiger partial charge in [0.1, 0.15) is 5.82 Å². The summed E-state index contributed by atoms with van der Waals surface area (Å²) in [5, 5.41) is 4.36. The Kier molecular flexibility index (Phi) is 2.81. The first-order chi connectivity index (χ1) is 7.83. The number of nitrogens with zero attached hydrogens (tertiary/aromatic N) is 2. The molecule has 3 rings (SSSR count). The van der Waals surface area contributed by atoms with Crippen LogP contribution in [0.15, 0.2) is 0 Å². The molecular weight excluding hydrogens is 222 g/mol. The summed E-state index contributed by atoms with van der Waals surface area (Å²) in [5.41, 5.74) is 0. The molecular formula is C11H17N3OS. The van der Waals surface area contributed by atoms with Gasteiger partial charge in [-0.25, -0.2) is 4.98 Å². The molecule has 0 spiro atoms. The molecule has 0 bridgehead atoms. The Morgan fingerprint density at radius 1 is 1.44 bits per heavy atom. The Balaban J connectivity index is 1.59. The summed E-state index contributed by atoms with van der Waals surface area (Å²) in [6, 6.07) is 0.336. The van der Waals surface area contributed by atoms with Crippen LogP contribution >= 0.6 is 11.5 Å². The second-order valence-corrected chi connectivity index (χ2v) is 5.47. The van der Waals surface area contributed by atoms with E-state index in [9.17, 15) is 0 Å². The van der Waals surface area contributed by atoms with Gasteiger partial charge >= 0.3 is 0 Å². The van der Waals surface area contributed by atoms with E-state index in [-0.39, 0.29) is 0 Å². The van der Waals surface area contributed by atoms with Gasteiger partial charge in [0.25, 0.3) is 0 Å². The highest BCUT2D eigenvalue weighted by Crippen LogP contribution is 2.39. The molecule has 5 heteroatoms. The van der Waals surface area contributed by atoms with Crippen LogP contribution in [-0.2, 0) is 4.74 Å². The van der Waals surface area contributed by atoms with Gasteiger partial charge in [0.05, 0.1) is 12.1 Å². The zero-order valence-electron chi connectivity index (χ0n) is 9.48. The van der Waals surface area contributed by atoms with E-state index in [0.29, 0.717) is 18.1 Å². The molecule has 88 valence electrons. The van der Waals surface area contributed by atoms with Crippen molar-refractivity contribution in [2.45, 2.75) is 50.7 Å². The van der Waals surface area contributed by atoms with Gasteiger partial charge in [-0.15, -0.1) is 0 Å². The highest BCUT2D eigenvalue weighted by molar-refractivity contribution is 7.09. The molecule has 2 aliphatic rings. The van der Waals surface area contributed by atoms with Crippen molar-refractivity contribution in [2.24, 2.45) is 0 Å². The molecule has 16 heavy (non-hydrogen) atoms. The Hall–Kier alpha value is -0.680. The summed E-state index contributed by atoms with van der Waals surface area (Å²) in [6.45, 7) is 3.06. The number of nitrogens with one attached hydrogen (secondary N) is 1. The van der Waals surface area contributed by atoms with Crippen LogP contribution in [0.4, 0.5) is 5.13 Å². The number of hydrogen-bond donors (Lipinski definition) is 1. The molecule has 1 N–H and O–H groups in total. The first-order valence-corrected chi connectivity index (χ1v) is 6.82. The minimum atomic E-state index is 0.336. The van der Waals surface area contributed by atoms with Crippen LogP contribution in [-0.4, -0.2) is 28.1 Å². The average molecular weight is 239 g/mol. The number of aromatic nitrogens is 2. The third kappa shape index (κ3) is 2.20. The van der Waals surface area contributed by atoms with Gasteiger partial charge in [-0.05, 0) is 32.6 Å². The monoisotopic (exact) mass is 239 g/mol. The number of hydrogen-bond acceptors (Lipinski definition) is 5. The first-order valence-electron chi connectivity index (χ1n) is 6.04. The summed E-state index contributed by atoms with van der Waals surface area (Å²) in [4.78, 5) is 4.52. The van der Waals surface area contributed by atoms with Gasteiger partial charge in [-0.1, -0.05) is 0 Å². The molecule has 1 aliphatic carbocycles. The molecule has 2 heterocycles. The molecule has 1 aromatic rings. The van der Waals surface area contributed by atoms with E-state index in [0.717, 1.165) is 24.0 Å². The van der Waals surface area contributed by atoms with Crippen LogP contribution in [0.2, 0.25) is 0 Å². The van der Waals surface area contributed by atoms with Crippen LogP contribution < -0.4 is 5.32 Å². The van der Waals surface area contributed by atoms with Crippen molar-refractivity contribution in [1.82, 2.24) is 9.36 Å². The SMILES string of the molecule is CC(Nc1nc(C2CC2)ns1)C1CCCO1. The van der Waals surface area contributed by atoms with Crippen molar-refractivity contribution in [1.29, 1.82) is 0 Å². The summed E-state index contributed by atoms with van der Waals surface area (Å²) in [6.07, 6.45) is 5.20. The maximum Gasteiger partial charge on any atom is 0.202 e. The Bertz CT molecular complexity index is 358. The fourth-order valence-electron chi connectivity index (χ4n) is 2.09. The summed E-state index contributed by atoms with van der Waals surface area (Å²) < 4.78 is 10.0. The third-order valence-corrected chi connectivity index (χ3v) is 3.92. The van der Waals surface area contributed by atoms with Gasteiger partial charge in [0, 0.05) is 24.1 Å². The lowest BCUT2D eigenvalue weighted by atomic mass is 10.1. The van der Waals surface area contributed by atoms with Crippen molar-refractivity contribution in [3.05, 3.63) is 5.82 Å². The van der Waals surface area contributed by atoms with Crippen molar-refractivity contribution in [3.8, 4) is 0 Å². The van der Waals surface area contributed by atoms with Crippen LogP contribution in [0, 0.1) is 0 Å². The molecule has 1 saturated heterocycles. The predicted molar refractivity (Wildman–Crippen MR) is 63.9 cm³/mol. The first kappa shape index (κ1) is 10.5. The van der Waals surface area contributed by atoms with Crippen molar-refractivity contribution >= 4 is 16.7 Å². The zero-order valence-corrected chi connectivity index (χ0v) is 10.3. The van der Waals surface area contributed by atoms with Crippen molar-refractivity contribution in [2.75, 3.05) is 11.9 Å². The maximum absolute atomic E-state index is 5.65. The van der Waals surface area contributed by atoms with Crippen LogP contribution in [0.3, 0.4) is 0 Å². The van der Waals surface area contributed by atoms with Gasteiger partial charge in [0.15, 0.2) is 0 Å². The van der Waals surface area contributed by atoms with Crippen LogP contribution in [0.25, 0.3) is 0 Å². The van der Waals surface area contributed by atoms with Crippen molar-refractivity contribution < 1.29 is 4.74 Å². The number of ether oxygens (including phenoxy) is 1. The van der Waals surface area contributed by atoms with Gasteiger partial charge in [0.2, 0.25) is 5.13 Å². The maximum atomic E-state index is 5.65. The number of anilines is 1. The standard InChI is InChI=1S/C11H17N3OS/c1-7(9-3-2-6-15-9)12-11-13-10(14-16-11)8-4-5-8/h7-9H,2-6H2,1H3,(H,12,13,14). The highest BCUT2D eigenvalue weighted by Gasteiger charge is 2.28. The molecule has 0 radical (unpaired) electrons. The molecule has 1 aromatic heterocycles. The van der Waals surface area contributed by atoms with Gasteiger partial charge < -0.3 is 10.1 Å². The normalized spacial score (nSPS) is 26.9. The lowest BCUT2D eigenvalue weighted by Gasteiger charge is -2.18. The summed E-state index contributed by atoms with van der Waals surface area (Å²) >= 11 is 1.48. The molecule has 2 unspecified atom stereocenters. The Morgan fingerprint density at radius 2 is 2.31 bits per heavy atom. The highest BCUT2D eigenvalue weighted by atomic mass is 32.1. The van der Waals surface area contributed by atoms with E-state index in [1.165, 1.54) is 30.8 Å². The van der Waals surface area contributed by atoms with E-state index >= 15 is 0 Å². The molecule has 4 nitrogen and oxygen atoms in total. The average Bonchev–Trinajstić information content (AvgIpc) is 2.82. The smallest absolute Gasteiger partial charge is 0.202 e. The van der Waals surface area contributed by atoms with Gasteiger partial charge in [-0.2, -0.15) is 4.37 Å². The topological polar surface area (TPSA) is 47.0 Å². The molecule has 2 atom stereocenters. The molecule has 0 amide bonds. The quantitative estimate of drug-likeness (QED) is 0.876.